The van der Waals surface area contributed by atoms with Gasteiger partial charge in [0.1, 0.15) is 0 Å². The van der Waals surface area contributed by atoms with E-state index < -0.39 is 0 Å². The van der Waals surface area contributed by atoms with Crippen LogP contribution in [-0.4, -0.2) is 35.2 Å². The number of hydrogen-bond acceptors (Lipinski definition) is 2. The zero-order valence-corrected chi connectivity index (χ0v) is 7.80. The topological polar surface area (TPSA) is 23.5 Å². The van der Waals surface area contributed by atoms with Crippen LogP contribution in [-0.2, 0) is 0 Å². The lowest BCUT2D eigenvalue weighted by Crippen LogP contribution is -2.39. The van der Waals surface area contributed by atoms with Gasteiger partial charge in [-0.05, 0) is 39.7 Å². The van der Waals surface area contributed by atoms with Gasteiger partial charge in [0.05, 0.1) is 0 Å². The van der Waals surface area contributed by atoms with Crippen molar-refractivity contribution >= 4 is 0 Å². The summed E-state index contributed by atoms with van der Waals surface area (Å²) in [6.07, 6.45) is 1.16. The van der Waals surface area contributed by atoms with E-state index in [1.165, 1.54) is 0 Å². The van der Waals surface area contributed by atoms with Crippen molar-refractivity contribution in [2.45, 2.75) is 32.7 Å². The zero-order valence-electron chi connectivity index (χ0n) is 7.80. The van der Waals surface area contributed by atoms with Gasteiger partial charge in [0, 0.05) is 18.7 Å². The summed E-state index contributed by atoms with van der Waals surface area (Å²) in [4.78, 5) is 2.44. The van der Waals surface area contributed by atoms with Gasteiger partial charge < -0.3 is 5.11 Å². The molecule has 1 saturated heterocycles. The summed E-state index contributed by atoms with van der Waals surface area (Å²) in [6, 6.07) is 0. The van der Waals surface area contributed by atoms with Gasteiger partial charge in [-0.15, -0.1) is 0 Å². The molecule has 0 amide bonds. The Labute approximate surface area is 69.2 Å². The summed E-state index contributed by atoms with van der Waals surface area (Å²) in [6.45, 7) is 9.26. The molecule has 1 rings (SSSR count). The van der Waals surface area contributed by atoms with Crippen molar-refractivity contribution in [3.8, 4) is 0 Å². The lowest BCUT2D eigenvalue weighted by atomic mass is 10.1. The number of rotatable bonds is 1. The van der Waals surface area contributed by atoms with Crippen LogP contribution in [0.5, 0.6) is 0 Å². The van der Waals surface area contributed by atoms with Crippen molar-refractivity contribution in [3.63, 3.8) is 0 Å². The van der Waals surface area contributed by atoms with Crippen LogP contribution in [0.1, 0.15) is 27.2 Å². The molecule has 2 nitrogen and oxygen atoms in total. The minimum atomic E-state index is 0.282. The Morgan fingerprint density at radius 2 is 2.09 bits per heavy atom. The quantitative estimate of drug-likeness (QED) is 0.616. The molecule has 0 aromatic heterocycles. The molecule has 0 saturated carbocycles. The van der Waals surface area contributed by atoms with Crippen LogP contribution >= 0.6 is 0 Å². The average molecular weight is 157 g/mol. The first-order valence-corrected chi connectivity index (χ1v) is 4.40. The predicted molar refractivity (Wildman–Crippen MR) is 46.5 cm³/mol. The van der Waals surface area contributed by atoms with Crippen LogP contribution in [0.25, 0.3) is 0 Å². The van der Waals surface area contributed by atoms with E-state index in [9.17, 15) is 0 Å². The Balaban J connectivity index is 2.42. The molecule has 1 heterocycles. The van der Waals surface area contributed by atoms with E-state index in [1.54, 1.807) is 0 Å². The fraction of sp³-hybridized carbons (Fsp3) is 1.00. The van der Waals surface area contributed by atoms with Crippen molar-refractivity contribution in [1.29, 1.82) is 0 Å². The van der Waals surface area contributed by atoms with Crippen molar-refractivity contribution in [2.24, 2.45) is 5.92 Å². The second kappa shape index (κ2) is 3.11. The summed E-state index contributed by atoms with van der Waals surface area (Å²) in [7, 11) is 0. The van der Waals surface area contributed by atoms with Crippen molar-refractivity contribution < 1.29 is 5.11 Å². The maximum Gasteiger partial charge on any atom is 0.0471 e. The van der Waals surface area contributed by atoms with Gasteiger partial charge in [-0.1, -0.05) is 0 Å². The summed E-state index contributed by atoms with van der Waals surface area (Å²) in [5.41, 5.74) is 0.282. The molecule has 0 aromatic carbocycles. The van der Waals surface area contributed by atoms with Crippen molar-refractivity contribution in [3.05, 3.63) is 0 Å². The molecule has 1 aliphatic heterocycles. The monoisotopic (exact) mass is 157 g/mol. The predicted octanol–water partition coefficient (Wildman–Crippen LogP) is 1.10. The van der Waals surface area contributed by atoms with Gasteiger partial charge in [0.25, 0.3) is 0 Å². The summed E-state index contributed by atoms with van der Waals surface area (Å²) < 4.78 is 0. The highest BCUT2D eigenvalue weighted by molar-refractivity contribution is 4.84. The van der Waals surface area contributed by atoms with Gasteiger partial charge in [0.15, 0.2) is 0 Å². The van der Waals surface area contributed by atoms with E-state index >= 15 is 0 Å². The first-order valence-electron chi connectivity index (χ1n) is 4.40. The first-order chi connectivity index (χ1) is 5.04. The third-order valence-electron chi connectivity index (χ3n) is 2.49. The number of likely N-dealkylation sites (tertiary alicyclic amines) is 1. The normalized spacial score (nSPS) is 27.8. The van der Waals surface area contributed by atoms with Gasteiger partial charge in [-0.25, -0.2) is 0 Å². The van der Waals surface area contributed by atoms with Crippen molar-refractivity contribution in [2.75, 3.05) is 19.7 Å². The van der Waals surface area contributed by atoms with Gasteiger partial charge >= 0.3 is 0 Å². The fourth-order valence-electron chi connectivity index (χ4n) is 1.59. The van der Waals surface area contributed by atoms with E-state index in [1.807, 2.05) is 0 Å². The van der Waals surface area contributed by atoms with Crippen LogP contribution in [0, 0.1) is 5.92 Å². The largest absolute Gasteiger partial charge is 0.396 e. The summed E-state index contributed by atoms with van der Waals surface area (Å²) in [5, 5.41) is 8.92. The van der Waals surface area contributed by atoms with Crippen LogP contribution in [0.4, 0.5) is 0 Å². The van der Waals surface area contributed by atoms with Crippen molar-refractivity contribution in [1.82, 2.24) is 4.90 Å². The number of aliphatic hydroxyl groups is 1. The molecule has 11 heavy (non-hydrogen) atoms. The minimum Gasteiger partial charge on any atom is -0.396 e. The Morgan fingerprint density at radius 1 is 1.45 bits per heavy atom. The number of hydrogen-bond donors (Lipinski definition) is 1. The molecule has 1 atom stereocenters. The minimum absolute atomic E-state index is 0.282. The average Bonchev–Trinajstić information content (AvgIpc) is 2.32. The van der Waals surface area contributed by atoms with Gasteiger partial charge in [0.2, 0.25) is 0 Å². The molecule has 0 bridgehead atoms. The molecule has 1 N–H and O–H groups in total. The maximum atomic E-state index is 8.92. The lowest BCUT2D eigenvalue weighted by molar-refractivity contribution is 0.154. The van der Waals surface area contributed by atoms with E-state index in [0.717, 1.165) is 19.5 Å². The Bertz CT molecular complexity index is 128. The molecule has 0 spiro atoms. The second-order valence-corrected chi connectivity index (χ2v) is 4.45. The van der Waals surface area contributed by atoms with Gasteiger partial charge in [-0.3, -0.25) is 4.90 Å². The number of aliphatic hydroxyl groups excluding tert-OH is 1. The molecule has 0 aromatic rings. The highest BCUT2D eigenvalue weighted by Crippen LogP contribution is 2.23. The van der Waals surface area contributed by atoms with Gasteiger partial charge in [-0.2, -0.15) is 0 Å². The molecule has 0 unspecified atom stereocenters. The Kier molecular flexibility index (Phi) is 2.55. The molecule has 0 radical (unpaired) electrons. The molecule has 1 aliphatic rings. The van der Waals surface area contributed by atoms with E-state index in [0.29, 0.717) is 12.5 Å². The van der Waals surface area contributed by atoms with Crippen LogP contribution in [0.3, 0.4) is 0 Å². The van der Waals surface area contributed by atoms with E-state index in [-0.39, 0.29) is 5.54 Å². The van der Waals surface area contributed by atoms with Crippen LogP contribution in [0.2, 0.25) is 0 Å². The molecule has 66 valence electrons. The summed E-state index contributed by atoms with van der Waals surface area (Å²) in [5.74, 6) is 0.522. The molecule has 2 heteroatoms. The molecule has 1 fully saturated rings. The molecule has 0 aliphatic carbocycles. The Morgan fingerprint density at radius 3 is 2.36 bits per heavy atom. The smallest absolute Gasteiger partial charge is 0.0471 e. The van der Waals surface area contributed by atoms with E-state index in [4.69, 9.17) is 5.11 Å². The third-order valence-corrected chi connectivity index (χ3v) is 2.49. The lowest BCUT2D eigenvalue weighted by Gasteiger charge is -2.31. The third kappa shape index (κ3) is 2.17. The SMILES string of the molecule is CC(C)(C)N1CC[C@@H](CO)C1. The van der Waals surface area contributed by atoms with Crippen LogP contribution < -0.4 is 0 Å². The molecular weight excluding hydrogens is 138 g/mol. The standard InChI is InChI=1S/C9H19NO/c1-9(2,3)10-5-4-8(6-10)7-11/h8,11H,4-7H2,1-3H3/t8-/m1/s1. The fourth-order valence-corrected chi connectivity index (χ4v) is 1.59. The summed E-state index contributed by atoms with van der Waals surface area (Å²) >= 11 is 0. The maximum absolute atomic E-state index is 8.92. The zero-order chi connectivity index (χ0) is 8.48. The number of nitrogens with zero attached hydrogens (tertiary/aromatic N) is 1. The molecular formula is C9H19NO. The highest BCUT2D eigenvalue weighted by Gasteiger charge is 2.29. The second-order valence-electron chi connectivity index (χ2n) is 4.45. The first kappa shape index (κ1) is 9.01. The van der Waals surface area contributed by atoms with E-state index in [2.05, 4.69) is 25.7 Å². The highest BCUT2D eigenvalue weighted by atomic mass is 16.3. The Hall–Kier alpha value is -0.0800. The van der Waals surface area contributed by atoms with Crippen LogP contribution in [0.15, 0.2) is 0 Å².